The zero-order valence-electron chi connectivity index (χ0n) is 9.37. The third-order valence-corrected chi connectivity index (χ3v) is 2.39. The fourth-order valence-electron chi connectivity index (χ4n) is 1.06. The first-order valence-electron chi connectivity index (χ1n) is 4.97. The molecule has 15 heavy (non-hydrogen) atoms. The maximum atomic E-state index is 11.7. The molecule has 0 aliphatic heterocycles. The van der Waals surface area contributed by atoms with Crippen LogP contribution in [0.15, 0.2) is 18.5 Å². The number of aromatic nitrogens is 1. The van der Waals surface area contributed by atoms with Crippen LogP contribution in [-0.4, -0.2) is 16.4 Å². The highest BCUT2D eigenvalue weighted by Crippen LogP contribution is 2.12. The van der Waals surface area contributed by atoms with E-state index in [1.807, 2.05) is 19.9 Å². The number of aryl methyl sites for hydroxylation is 1. The monoisotopic (exact) mass is 207 g/mol. The Bertz CT molecular complexity index is 361. The standard InChI is InChI=1S/C11H17N3O/c1-4-11(3,12)10(15)14-9-5-8(2)6-13-7-9/h5-7H,4,12H2,1-3H3,(H,14,15). The lowest BCUT2D eigenvalue weighted by molar-refractivity contribution is -0.120. The van der Waals surface area contributed by atoms with Crippen molar-refractivity contribution in [2.75, 3.05) is 5.32 Å². The Kier molecular flexibility index (Phi) is 3.42. The van der Waals surface area contributed by atoms with E-state index >= 15 is 0 Å². The molecule has 0 saturated heterocycles. The minimum atomic E-state index is -0.830. The molecule has 1 atom stereocenters. The molecular formula is C11H17N3O. The van der Waals surface area contributed by atoms with Gasteiger partial charge in [0.1, 0.15) is 0 Å². The molecule has 1 amide bonds. The third-order valence-electron chi connectivity index (χ3n) is 2.39. The number of nitrogens with zero attached hydrogens (tertiary/aromatic N) is 1. The van der Waals surface area contributed by atoms with Gasteiger partial charge >= 0.3 is 0 Å². The second-order valence-electron chi connectivity index (χ2n) is 3.98. The number of nitrogens with one attached hydrogen (secondary N) is 1. The summed E-state index contributed by atoms with van der Waals surface area (Å²) in [6, 6.07) is 1.86. The molecule has 3 N–H and O–H groups in total. The largest absolute Gasteiger partial charge is 0.323 e. The van der Waals surface area contributed by atoms with Gasteiger partial charge in [-0.3, -0.25) is 9.78 Å². The minimum Gasteiger partial charge on any atom is -0.323 e. The lowest BCUT2D eigenvalue weighted by Crippen LogP contribution is -2.47. The molecule has 82 valence electrons. The number of nitrogens with two attached hydrogens (primary N) is 1. The lowest BCUT2D eigenvalue weighted by Gasteiger charge is -2.21. The molecule has 1 heterocycles. The Morgan fingerprint density at radius 1 is 1.60 bits per heavy atom. The highest BCUT2D eigenvalue weighted by Gasteiger charge is 2.25. The fraction of sp³-hybridized carbons (Fsp3) is 0.455. The number of pyridine rings is 1. The second kappa shape index (κ2) is 4.40. The van der Waals surface area contributed by atoms with E-state index in [-0.39, 0.29) is 5.91 Å². The van der Waals surface area contributed by atoms with E-state index < -0.39 is 5.54 Å². The highest BCUT2D eigenvalue weighted by molar-refractivity contribution is 5.97. The molecule has 1 rings (SSSR count). The van der Waals surface area contributed by atoms with Crippen LogP contribution in [0.4, 0.5) is 5.69 Å². The van der Waals surface area contributed by atoms with Gasteiger partial charge in [0.25, 0.3) is 0 Å². The zero-order chi connectivity index (χ0) is 11.5. The van der Waals surface area contributed by atoms with Crippen LogP contribution in [0.2, 0.25) is 0 Å². The summed E-state index contributed by atoms with van der Waals surface area (Å²) >= 11 is 0. The third kappa shape index (κ3) is 3.02. The number of anilines is 1. The summed E-state index contributed by atoms with van der Waals surface area (Å²) in [4.78, 5) is 15.7. The maximum absolute atomic E-state index is 11.7. The summed E-state index contributed by atoms with van der Waals surface area (Å²) in [6.07, 6.45) is 3.94. The molecule has 4 heteroatoms. The van der Waals surface area contributed by atoms with Gasteiger partial charge in [0.05, 0.1) is 17.4 Å². The van der Waals surface area contributed by atoms with Gasteiger partial charge in [0.2, 0.25) is 5.91 Å². The average molecular weight is 207 g/mol. The molecule has 1 aromatic rings. The average Bonchev–Trinajstić information content (AvgIpc) is 2.17. The number of carbonyl (C=O) groups excluding carboxylic acids is 1. The number of rotatable bonds is 3. The van der Waals surface area contributed by atoms with Gasteiger partial charge in [-0.15, -0.1) is 0 Å². The van der Waals surface area contributed by atoms with Gasteiger partial charge in [-0.1, -0.05) is 6.92 Å². The number of hydrogen-bond donors (Lipinski definition) is 2. The highest BCUT2D eigenvalue weighted by atomic mass is 16.2. The predicted octanol–water partition coefficient (Wildman–Crippen LogP) is 1.46. The lowest BCUT2D eigenvalue weighted by atomic mass is 9.99. The molecule has 0 bridgehead atoms. The topological polar surface area (TPSA) is 68.0 Å². The summed E-state index contributed by atoms with van der Waals surface area (Å²) in [6.45, 7) is 5.52. The van der Waals surface area contributed by atoms with Gasteiger partial charge in [0, 0.05) is 6.20 Å². The van der Waals surface area contributed by atoms with Gasteiger partial charge in [-0.05, 0) is 31.9 Å². The molecule has 1 aromatic heterocycles. The summed E-state index contributed by atoms with van der Waals surface area (Å²) in [5.41, 5.74) is 6.67. The molecule has 0 spiro atoms. The summed E-state index contributed by atoms with van der Waals surface area (Å²) in [5.74, 6) is -0.183. The Balaban J connectivity index is 2.75. The molecule has 0 aromatic carbocycles. The van der Waals surface area contributed by atoms with Crippen molar-refractivity contribution in [1.82, 2.24) is 4.98 Å². The first kappa shape index (κ1) is 11.7. The van der Waals surface area contributed by atoms with E-state index in [4.69, 9.17) is 5.73 Å². The first-order chi connectivity index (χ1) is 6.95. The van der Waals surface area contributed by atoms with Gasteiger partial charge in [-0.2, -0.15) is 0 Å². The second-order valence-corrected chi connectivity index (χ2v) is 3.98. The van der Waals surface area contributed by atoms with Crippen LogP contribution in [-0.2, 0) is 4.79 Å². The Morgan fingerprint density at radius 2 is 2.27 bits per heavy atom. The summed E-state index contributed by atoms with van der Waals surface area (Å²) in [5, 5.41) is 2.75. The summed E-state index contributed by atoms with van der Waals surface area (Å²) in [7, 11) is 0. The number of hydrogen-bond acceptors (Lipinski definition) is 3. The van der Waals surface area contributed by atoms with Crippen molar-refractivity contribution in [2.45, 2.75) is 32.7 Å². The first-order valence-corrected chi connectivity index (χ1v) is 4.97. The Morgan fingerprint density at radius 3 is 2.80 bits per heavy atom. The number of amides is 1. The quantitative estimate of drug-likeness (QED) is 0.788. The van der Waals surface area contributed by atoms with E-state index in [1.54, 1.807) is 19.3 Å². The number of carbonyl (C=O) groups is 1. The van der Waals surface area contributed by atoms with Crippen molar-refractivity contribution in [2.24, 2.45) is 5.73 Å². The maximum Gasteiger partial charge on any atom is 0.244 e. The van der Waals surface area contributed by atoms with Crippen LogP contribution in [0, 0.1) is 6.92 Å². The molecule has 0 saturated carbocycles. The SMILES string of the molecule is CCC(C)(N)C(=O)Nc1cncc(C)c1. The van der Waals surface area contributed by atoms with E-state index in [0.29, 0.717) is 12.1 Å². The van der Waals surface area contributed by atoms with E-state index in [1.165, 1.54) is 0 Å². The normalized spacial score (nSPS) is 14.4. The van der Waals surface area contributed by atoms with Crippen LogP contribution >= 0.6 is 0 Å². The van der Waals surface area contributed by atoms with Gasteiger partial charge < -0.3 is 11.1 Å². The van der Waals surface area contributed by atoms with Crippen LogP contribution in [0.1, 0.15) is 25.8 Å². The smallest absolute Gasteiger partial charge is 0.244 e. The Hall–Kier alpha value is -1.42. The molecular weight excluding hydrogens is 190 g/mol. The Labute approximate surface area is 89.9 Å². The van der Waals surface area contributed by atoms with Gasteiger partial charge in [0.15, 0.2) is 0 Å². The van der Waals surface area contributed by atoms with Crippen molar-refractivity contribution in [3.05, 3.63) is 24.0 Å². The molecule has 0 fully saturated rings. The fourth-order valence-corrected chi connectivity index (χ4v) is 1.06. The predicted molar refractivity (Wildman–Crippen MR) is 60.5 cm³/mol. The molecule has 0 aliphatic carbocycles. The molecule has 4 nitrogen and oxygen atoms in total. The van der Waals surface area contributed by atoms with Crippen molar-refractivity contribution >= 4 is 11.6 Å². The van der Waals surface area contributed by atoms with Crippen molar-refractivity contribution in [3.63, 3.8) is 0 Å². The van der Waals surface area contributed by atoms with Crippen LogP contribution < -0.4 is 11.1 Å². The van der Waals surface area contributed by atoms with Crippen LogP contribution in [0.5, 0.6) is 0 Å². The van der Waals surface area contributed by atoms with Gasteiger partial charge in [-0.25, -0.2) is 0 Å². The van der Waals surface area contributed by atoms with E-state index in [2.05, 4.69) is 10.3 Å². The van der Waals surface area contributed by atoms with Crippen LogP contribution in [0.25, 0.3) is 0 Å². The van der Waals surface area contributed by atoms with E-state index in [0.717, 1.165) is 5.56 Å². The molecule has 0 radical (unpaired) electrons. The van der Waals surface area contributed by atoms with Crippen molar-refractivity contribution < 1.29 is 4.79 Å². The minimum absolute atomic E-state index is 0.183. The van der Waals surface area contributed by atoms with Crippen LogP contribution in [0.3, 0.4) is 0 Å². The molecule has 0 aliphatic rings. The molecule has 1 unspecified atom stereocenters. The zero-order valence-corrected chi connectivity index (χ0v) is 9.37. The summed E-state index contributed by atoms with van der Waals surface area (Å²) < 4.78 is 0. The van der Waals surface area contributed by atoms with Crippen molar-refractivity contribution in [3.8, 4) is 0 Å². The van der Waals surface area contributed by atoms with E-state index in [9.17, 15) is 4.79 Å². The van der Waals surface area contributed by atoms with Crippen molar-refractivity contribution in [1.29, 1.82) is 0 Å².